The van der Waals surface area contributed by atoms with Crippen LogP contribution in [0, 0.1) is 0 Å². The van der Waals surface area contributed by atoms with Gasteiger partial charge in [0.15, 0.2) is 0 Å². The molecule has 0 saturated carbocycles. The molecule has 3 aromatic rings. The molecule has 0 bridgehead atoms. The third kappa shape index (κ3) is 3.85. The van der Waals surface area contributed by atoms with Crippen LogP contribution < -0.4 is 5.32 Å². The van der Waals surface area contributed by atoms with Crippen LogP contribution in [0.5, 0.6) is 0 Å². The summed E-state index contributed by atoms with van der Waals surface area (Å²) in [4.78, 5) is 11.9. The Hall–Kier alpha value is -2.33. The number of benzene rings is 2. The van der Waals surface area contributed by atoms with E-state index in [1.807, 2.05) is 24.3 Å². The lowest BCUT2D eigenvalue weighted by atomic mass is 9.86. The number of aromatic carboxylic acids is 1. The van der Waals surface area contributed by atoms with Crippen LogP contribution in [0.25, 0.3) is 10.1 Å². The third-order valence-electron chi connectivity index (χ3n) is 4.33. The monoisotopic (exact) mass is 353 g/mol. The van der Waals surface area contributed by atoms with Gasteiger partial charge in [0.05, 0.1) is 5.69 Å². The summed E-state index contributed by atoms with van der Waals surface area (Å²) in [5.41, 5.74) is 3.46. The Morgan fingerprint density at radius 1 is 1.08 bits per heavy atom. The van der Waals surface area contributed by atoms with Gasteiger partial charge in [0.2, 0.25) is 0 Å². The van der Waals surface area contributed by atoms with Crippen molar-refractivity contribution in [3.63, 3.8) is 0 Å². The fourth-order valence-electron chi connectivity index (χ4n) is 2.87. The Kier molecular flexibility index (Phi) is 4.82. The number of hydrogen-bond donors (Lipinski definition) is 2. The molecule has 0 aliphatic carbocycles. The second-order valence-electron chi connectivity index (χ2n) is 7.23. The van der Waals surface area contributed by atoms with E-state index >= 15 is 0 Å². The SMILES string of the molecule is CC(C)(C)c1ccc(CCNc2c(C(=O)O)sc3ccccc23)cc1. The molecule has 0 saturated heterocycles. The molecule has 130 valence electrons. The highest BCUT2D eigenvalue weighted by molar-refractivity contribution is 7.21. The van der Waals surface area contributed by atoms with Gasteiger partial charge >= 0.3 is 5.97 Å². The van der Waals surface area contributed by atoms with Crippen LogP contribution in [-0.4, -0.2) is 17.6 Å². The molecule has 0 unspecified atom stereocenters. The zero-order valence-corrected chi connectivity index (χ0v) is 15.6. The number of hydrogen-bond acceptors (Lipinski definition) is 3. The van der Waals surface area contributed by atoms with E-state index in [-0.39, 0.29) is 5.41 Å². The van der Waals surface area contributed by atoms with Crippen molar-refractivity contribution in [3.8, 4) is 0 Å². The number of nitrogens with one attached hydrogen (secondary N) is 1. The summed E-state index contributed by atoms with van der Waals surface area (Å²) in [6.45, 7) is 7.33. The molecule has 1 heterocycles. The molecule has 0 atom stereocenters. The summed E-state index contributed by atoms with van der Waals surface area (Å²) in [7, 11) is 0. The maximum absolute atomic E-state index is 11.5. The molecule has 0 fully saturated rings. The van der Waals surface area contributed by atoms with Gasteiger partial charge in [0.1, 0.15) is 4.88 Å². The summed E-state index contributed by atoms with van der Waals surface area (Å²) in [6, 6.07) is 16.5. The molecule has 2 aromatic carbocycles. The highest BCUT2D eigenvalue weighted by atomic mass is 32.1. The Bertz CT molecular complexity index is 888. The van der Waals surface area contributed by atoms with Crippen molar-refractivity contribution in [1.29, 1.82) is 0 Å². The minimum atomic E-state index is -0.877. The van der Waals surface area contributed by atoms with Gasteiger partial charge < -0.3 is 10.4 Å². The number of carboxylic acid groups (broad SMARTS) is 1. The van der Waals surface area contributed by atoms with Crippen molar-refractivity contribution >= 4 is 33.1 Å². The van der Waals surface area contributed by atoms with Crippen molar-refractivity contribution in [2.75, 3.05) is 11.9 Å². The molecule has 4 heteroatoms. The van der Waals surface area contributed by atoms with Gasteiger partial charge in [-0.2, -0.15) is 0 Å². The predicted molar refractivity (Wildman–Crippen MR) is 106 cm³/mol. The van der Waals surface area contributed by atoms with Gasteiger partial charge in [-0.15, -0.1) is 11.3 Å². The lowest BCUT2D eigenvalue weighted by Crippen LogP contribution is -2.11. The van der Waals surface area contributed by atoms with Crippen LogP contribution in [0.2, 0.25) is 0 Å². The molecule has 1 aromatic heterocycles. The van der Waals surface area contributed by atoms with E-state index in [2.05, 4.69) is 50.4 Å². The van der Waals surface area contributed by atoms with Crippen LogP contribution in [0.3, 0.4) is 0 Å². The third-order valence-corrected chi connectivity index (χ3v) is 5.48. The van der Waals surface area contributed by atoms with E-state index in [0.29, 0.717) is 11.4 Å². The average molecular weight is 353 g/mol. The zero-order valence-electron chi connectivity index (χ0n) is 14.8. The first-order valence-corrected chi connectivity index (χ1v) is 9.26. The largest absolute Gasteiger partial charge is 0.477 e. The highest BCUT2D eigenvalue weighted by Crippen LogP contribution is 2.35. The predicted octanol–water partition coefficient (Wildman–Crippen LogP) is 5.55. The number of thiophene rings is 1. The number of fused-ring (bicyclic) bond motifs is 1. The Morgan fingerprint density at radius 2 is 1.76 bits per heavy atom. The van der Waals surface area contributed by atoms with Crippen LogP contribution in [0.1, 0.15) is 41.6 Å². The summed E-state index contributed by atoms with van der Waals surface area (Å²) < 4.78 is 0.997. The maximum atomic E-state index is 11.5. The van der Waals surface area contributed by atoms with E-state index in [0.717, 1.165) is 22.2 Å². The molecule has 0 amide bonds. The number of rotatable bonds is 5. The summed E-state index contributed by atoms with van der Waals surface area (Å²) in [5, 5.41) is 13.8. The average Bonchev–Trinajstić information content (AvgIpc) is 2.94. The van der Waals surface area contributed by atoms with Gasteiger partial charge in [-0.1, -0.05) is 63.2 Å². The van der Waals surface area contributed by atoms with Gasteiger partial charge in [0, 0.05) is 16.6 Å². The lowest BCUT2D eigenvalue weighted by Gasteiger charge is -2.19. The zero-order chi connectivity index (χ0) is 18.0. The van der Waals surface area contributed by atoms with Crippen molar-refractivity contribution < 1.29 is 9.90 Å². The topological polar surface area (TPSA) is 49.3 Å². The van der Waals surface area contributed by atoms with Crippen molar-refractivity contribution in [2.45, 2.75) is 32.6 Å². The first kappa shape index (κ1) is 17.5. The number of anilines is 1. The minimum absolute atomic E-state index is 0.156. The quantitative estimate of drug-likeness (QED) is 0.632. The van der Waals surface area contributed by atoms with E-state index in [4.69, 9.17) is 0 Å². The molecule has 3 nitrogen and oxygen atoms in total. The van der Waals surface area contributed by atoms with Crippen LogP contribution in [0.4, 0.5) is 5.69 Å². The van der Waals surface area contributed by atoms with E-state index in [1.165, 1.54) is 22.5 Å². The fourth-order valence-corrected chi connectivity index (χ4v) is 3.89. The molecule has 3 rings (SSSR count). The first-order chi connectivity index (χ1) is 11.9. The molecular weight excluding hydrogens is 330 g/mol. The fraction of sp³-hybridized carbons (Fsp3) is 0.286. The smallest absolute Gasteiger partial charge is 0.348 e. The van der Waals surface area contributed by atoms with Crippen molar-refractivity contribution in [1.82, 2.24) is 0 Å². The second-order valence-corrected chi connectivity index (χ2v) is 8.28. The summed E-state index contributed by atoms with van der Waals surface area (Å²) in [6.07, 6.45) is 0.855. The lowest BCUT2D eigenvalue weighted by molar-refractivity contribution is 0.0703. The van der Waals surface area contributed by atoms with Gasteiger partial charge in [-0.05, 0) is 29.0 Å². The minimum Gasteiger partial charge on any atom is -0.477 e. The molecule has 0 aliphatic heterocycles. The van der Waals surface area contributed by atoms with E-state index in [9.17, 15) is 9.90 Å². The second kappa shape index (κ2) is 6.89. The van der Waals surface area contributed by atoms with Gasteiger partial charge in [-0.25, -0.2) is 4.79 Å². The maximum Gasteiger partial charge on any atom is 0.348 e. The van der Waals surface area contributed by atoms with E-state index in [1.54, 1.807) is 0 Å². The first-order valence-electron chi connectivity index (χ1n) is 8.44. The molecule has 0 aliphatic rings. The van der Waals surface area contributed by atoms with Crippen LogP contribution in [-0.2, 0) is 11.8 Å². The Labute approximate surface area is 152 Å². The molecule has 0 radical (unpaired) electrons. The molecular formula is C21H23NO2S. The van der Waals surface area contributed by atoms with Crippen molar-refractivity contribution in [2.24, 2.45) is 0 Å². The van der Waals surface area contributed by atoms with Crippen molar-refractivity contribution in [3.05, 3.63) is 64.5 Å². The normalized spacial score (nSPS) is 11.6. The Morgan fingerprint density at radius 3 is 2.40 bits per heavy atom. The molecule has 25 heavy (non-hydrogen) atoms. The molecule has 0 spiro atoms. The van der Waals surface area contributed by atoms with Gasteiger partial charge in [0.25, 0.3) is 0 Å². The summed E-state index contributed by atoms with van der Waals surface area (Å²) in [5.74, 6) is -0.877. The number of carboxylic acids is 1. The van der Waals surface area contributed by atoms with E-state index < -0.39 is 5.97 Å². The van der Waals surface area contributed by atoms with Crippen LogP contribution in [0.15, 0.2) is 48.5 Å². The summed E-state index contributed by atoms with van der Waals surface area (Å²) >= 11 is 1.32. The highest BCUT2D eigenvalue weighted by Gasteiger charge is 2.17. The Balaban J connectivity index is 1.73. The van der Waals surface area contributed by atoms with Gasteiger partial charge in [-0.3, -0.25) is 0 Å². The standard InChI is InChI=1S/C21H23NO2S/c1-21(2,3)15-10-8-14(9-11-15)12-13-22-18-16-6-4-5-7-17(16)25-19(18)20(23)24/h4-11,22H,12-13H2,1-3H3,(H,23,24). The molecule has 2 N–H and O–H groups in total. The van der Waals surface area contributed by atoms with Crippen LogP contribution >= 0.6 is 11.3 Å². The number of carbonyl (C=O) groups is 1.